The number of hydrogen-bond donors (Lipinski definition) is 0. The van der Waals surface area contributed by atoms with Crippen molar-refractivity contribution in [3.63, 3.8) is 0 Å². The summed E-state index contributed by atoms with van der Waals surface area (Å²) in [7, 11) is -3.24. The predicted octanol–water partition coefficient (Wildman–Crippen LogP) is 4.22. The van der Waals surface area contributed by atoms with E-state index in [0.717, 1.165) is 15.8 Å². The minimum absolute atomic E-state index is 0.0327. The van der Waals surface area contributed by atoms with Gasteiger partial charge in [-0.15, -0.1) is 0 Å². The number of thiazole rings is 1. The highest BCUT2D eigenvalue weighted by atomic mass is 32.2. The fourth-order valence-corrected chi connectivity index (χ4v) is 5.87. The largest absolute Gasteiger partial charge is 0.467 e. The van der Waals surface area contributed by atoms with E-state index in [0.29, 0.717) is 49.3 Å². The maximum Gasteiger partial charge on any atom is 0.232 e. The molecule has 3 heterocycles. The van der Waals surface area contributed by atoms with Crippen LogP contribution >= 0.6 is 11.3 Å². The Morgan fingerprint density at radius 3 is 2.61 bits per heavy atom. The van der Waals surface area contributed by atoms with Crippen molar-refractivity contribution in [3.05, 3.63) is 47.9 Å². The van der Waals surface area contributed by atoms with Gasteiger partial charge in [-0.3, -0.25) is 9.69 Å². The Balaban J connectivity index is 1.65. The zero-order chi connectivity index (χ0) is 22.2. The molecule has 0 N–H and O–H groups in total. The molecule has 1 aliphatic heterocycles. The third-order valence-corrected chi connectivity index (χ3v) is 8.07. The number of benzene rings is 1. The van der Waals surface area contributed by atoms with Crippen molar-refractivity contribution in [1.82, 2.24) is 9.29 Å². The molecule has 4 rings (SSSR count). The molecule has 1 aromatic carbocycles. The van der Waals surface area contributed by atoms with Crippen molar-refractivity contribution >= 4 is 42.6 Å². The molecule has 0 atom stereocenters. The molecule has 0 saturated carbocycles. The number of nitrogens with zero attached hydrogens (tertiary/aromatic N) is 3. The summed E-state index contributed by atoms with van der Waals surface area (Å²) in [5.41, 5.74) is 2.09. The first-order valence-corrected chi connectivity index (χ1v) is 13.1. The van der Waals surface area contributed by atoms with E-state index in [-0.39, 0.29) is 11.8 Å². The third kappa shape index (κ3) is 4.68. The molecule has 166 valence electrons. The molecule has 3 aromatic rings. The Labute approximate surface area is 186 Å². The van der Waals surface area contributed by atoms with Crippen molar-refractivity contribution in [1.29, 1.82) is 0 Å². The number of sulfonamides is 1. The van der Waals surface area contributed by atoms with Gasteiger partial charge in [-0.05, 0) is 42.5 Å². The van der Waals surface area contributed by atoms with E-state index in [1.807, 2.05) is 18.2 Å². The number of para-hydroxylation sites is 1. The summed E-state index contributed by atoms with van der Waals surface area (Å²) in [4.78, 5) is 20.1. The van der Waals surface area contributed by atoms with E-state index < -0.39 is 10.0 Å². The van der Waals surface area contributed by atoms with E-state index in [1.165, 1.54) is 21.9 Å². The van der Waals surface area contributed by atoms with Gasteiger partial charge in [-0.25, -0.2) is 17.7 Å². The Bertz CT molecular complexity index is 1160. The van der Waals surface area contributed by atoms with E-state index in [1.54, 1.807) is 17.2 Å². The van der Waals surface area contributed by atoms with Gasteiger partial charge in [-0.2, -0.15) is 0 Å². The second-order valence-corrected chi connectivity index (χ2v) is 11.3. The first-order valence-electron chi connectivity index (χ1n) is 10.4. The number of hydrogen-bond acceptors (Lipinski definition) is 6. The smallest absolute Gasteiger partial charge is 0.232 e. The molecule has 31 heavy (non-hydrogen) atoms. The molecule has 1 aliphatic rings. The van der Waals surface area contributed by atoms with Crippen LogP contribution in [0, 0.1) is 5.92 Å². The van der Waals surface area contributed by atoms with Gasteiger partial charge in [0.25, 0.3) is 0 Å². The van der Waals surface area contributed by atoms with Crippen molar-refractivity contribution in [2.24, 2.45) is 5.92 Å². The van der Waals surface area contributed by atoms with Gasteiger partial charge in [-0.1, -0.05) is 37.3 Å². The SMILES string of the molecule is CC(C)c1cccc2sc(N(Cc3ccco3)C(=O)C3CCN(S(C)(=O)=O)CC3)nc12. The number of furan rings is 1. The van der Waals surface area contributed by atoms with Crippen LogP contribution in [0.1, 0.15) is 43.9 Å². The lowest BCUT2D eigenvalue weighted by Crippen LogP contribution is -2.44. The van der Waals surface area contributed by atoms with Crippen LogP contribution < -0.4 is 4.90 Å². The summed E-state index contributed by atoms with van der Waals surface area (Å²) in [6.45, 7) is 5.29. The molecule has 1 amide bonds. The zero-order valence-electron chi connectivity index (χ0n) is 17.9. The van der Waals surface area contributed by atoms with Crippen molar-refractivity contribution in [3.8, 4) is 0 Å². The maximum atomic E-state index is 13.6. The van der Waals surface area contributed by atoms with Crippen molar-refractivity contribution in [2.45, 2.75) is 39.2 Å². The topological polar surface area (TPSA) is 83.7 Å². The lowest BCUT2D eigenvalue weighted by atomic mass is 9.96. The number of piperidine rings is 1. The number of fused-ring (bicyclic) bond motifs is 1. The standard InChI is InChI=1S/C22H27N3O4S2/c1-15(2)18-7-4-8-19-20(18)23-22(30-19)25(14-17-6-5-13-29-17)21(26)16-9-11-24(12-10-16)31(3,27)28/h4-8,13,15-16H,9-12,14H2,1-3H3. The fourth-order valence-electron chi connectivity index (χ4n) is 3.99. The number of anilines is 1. The van der Waals surface area contributed by atoms with Crippen LogP contribution in [-0.4, -0.2) is 43.0 Å². The minimum atomic E-state index is -3.24. The molecule has 1 fully saturated rings. The highest BCUT2D eigenvalue weighted by Gasteiger charge is 2.33. The minimum Gasteiger partial charge on any atom is -0.467 e. The number of carbonyl (C=O) groups excluding carboxylic acids is 1. The van der Waals surface area contributed by atoms with Crippen LogP contribution in [0.5, 0.6) is 0 Å². The fraction of sp³-hybridized carbons (Fsp3) is 0.455. The monoisotopic (exact) mass is 461 g/mol. The molecule has 2 aromatic heterocycles. The second kappa shape index (κ2) is 8.72. The van der Waals surface area contributed by atoms with Crippen molar-refractivity contribution < 1.29 is 17.6 Å². The van der Waals surface area contributed by atoms with Gasteiger partial charge in [0.05, 0.1) is 29.3 Å². The van der Waals surface area contributed by atoms with Gasteiger partial charge in [0.1, 0.15) is 5.76 Å². The molecule has 0 aliphatic carbocycles. The van der Waals surface area contributed by atoms with Crippen LogP contribution in [0.15, 0.2) is 41.0 Å². The van der Waals surface area contributed by atoms with Crippen LogP contribution in [0.4, 0.5) is 5.13 Å². The number of carbonyl (C=O) groups is 1. The third-order valence-electron chi connectivity index (χ3n) is 5.72. The quantitative estimate of drug-likeness (QED) is 0.549. The highest BCUT2D eigenvalue weighted by molar-refractivity contribution is 7.88. The summed E-state index contributed by atoms with van der Waals surface area (Å²) in [5.74, 6) is 0.734. The first-order chi connectivity index (χ1) is 14.7. The lowest BCUT2D eigenvalue weighted by Gasteiger charge is -2.32. The molecule has 0 bridgehead atoms. The molecular weight excluding hydrogens is 434 g/mol. The van der Waals surface area contributed by atoms with Gasteiger partial charge in [0.15, 0.2) is 5.13 Å². The summed E-state index contributed by atoms with van der Waals surface area (Å²) >= 11 is 1.50. The molecular formula is C22H27N3O4S2. The number of aromatic nitrogens is 1. The number of amides is 1. The summed E-state index contributed by atoms with van der Waals surface area (Å²) in [6, 6.07) is 9.79. The van der Waals surface area contributed by atoms with Crippen LogP contribution in [0.2, 0.25) is 0 Å². The second-order valence-electron chi connectivity index (χ2n) is 8.29. The van der Waals surface area contributed by atoms with Crippen molar-refractivity contribution in [2.75, 3.05) is 24.2 Å². The van der Waals surface area contributed by atoms with Crippen LogP contribution in [0.3, 0.4) is 0 Å². The van der Waals surface area contributed by atoms with Gasteiger partial charge < -0.3 is 4.42 Å². The van der Waals surface area contributed by atoms with Crippen LogP contribution in [-0.2, 0) is 21.4 Å². The Kier molecular flexibility index (Phi) is 6.18. The average Bonchev–Trinajstić information content (AvgIpc) is 3.40. The highest BCUT2D eigenvalue weighted by Crippen LogP contribution is 2.35. The van der Waals surface area contributed by atoms with E-state index in [2.05, 4.69) is 19.9 Å². The van der Waals surface area contributed by atoms with Gasteiger partial charge in [0, 0.05) is 19.0 Å². The molecule has 7 nitrogen and oxygen atoms in total. The Hall–Kier alpha value is -2.23. The molecule has 9 heteroatoms. The lowest BCUT2D eigenvalue weighted by molar-refractivity contribution is -0.123. The Morgan fingerprint density at radius 2 is 2.00 bits per heavy atom. The molecule has 1 saturated heterocycles. The zero-order valence-corrected chi connectivity index (χ0v) is 19.6. The maximum absolute atomic E-state index is 13.6. The predicted molar refractivity (Wildman–Crippen MR) is 123 cm³/mol. The summed E-state index contributed by atoms with van der Waals surface area (Å²) < 4.78 is 31.7. The van der Waals surface area contributed by atoms with Gasteiger partial charge in [0.2, 0.25) is 15.9 Å². The first kappa shape index (κ1) is 22.0. The van der Waals surface area contributed by atoms with E-state index in [4.69, 9.17) is 9.40 Å². The summed E-state index contributed by atoms with van der Waals surface area (Å²) in [5, 5.41) is 0.648. The summed E-state index contributed by atoms with van der Waals surface area (Å²) in [6.07, 6.45) is 3.81. The number of rotatable bonds is 6. The van der Waals surface area contributed by atoms with E-state index in [9.17, 15) is 13.2 Å². The molecule has 0 unspecified atom stereocenters. The van der Waals surface area contributed by atoms with Gasteiger partial charge >= 0.3 is 0 Å². The molecule has 0 spiro atoms. The molecule has 0 radical (unpaired) electrons. The normalized spacial score (nSPS) is 16.3. The van der Waals surface area contributed by atoms with Crippen LogP contribution in [0.25, 0.3) is 10.2 Å². The Morgan fingerprint density at radius 1 is 1.26 bits per heavy atom. The van der Waals surface area contributed by atoms with E-state index >= 15 is 0 Å². The average molecular weight is 462 g/mol.